The van der Waals surface area contributed by atoms with Crippen LogP contribution >= 0.6 is 0 Å². The Morgan fingerprint density at radius 3 is 3.07 bits per heavy atom. The van der Waals surface area contributed by atoms with E-state index in [-0.39, 0.29) is 5.91 Å². The highest BCUT2D eigenvalue weighted by atomic mass is 16.5. The fraction of sp³-hybridized carbons (Fsp3) is 0.545. The largest absolute Gasteiger partial charge is 0.459 e. The SMILES string of the molecule is CCCOCCCNC(=O)c1ccco1. The van der Waals surface area contributed by atoms with Crippen LogP contribution < -0.4 is 5.32 Å². The van der Waals surface area contributed by atoms with E-state index in [1.807, 2.05) is 0 Å². The molecule has 4 heteroatoms. The molecule has 0 bridgehead atoms. The van der Waals surface area contributed by atoms with Crippen LogP contribution in [0.2, 0.25) is 0 Å². The van der Waals surface area contributed by atoms with Gasteiger partial charge in [0.05, 0.1) is 6.26 Å². The molecule has 1 aromatic rings. The Bertz CT molecular complexity index is 269. The molecule has 0 saturated heterocycles. The number of nitrogens with one attached hydrogen (secondary N) is 1. The van der Waals surface area contributed by atoms with Crippen LogP contribution in [0.4, 0.5) is 0 Å². The topological polar surface area (TPSA) is 51.5 Å². The lowest BCUT2D eigenvalue weighted by Crippen LogP contribution is -2.24. The zero-order valence-corrected chi connectivity index (χ0v) is 8.99. The molecule has 0 aliphatic rings. The van der Waals surface area contributed by atoms with Crippen molar-refractivity contribution >= 4 is 5.91 Å². The minimum absolute atomic E-state index is 0.171. The zero-order chi connectivity index (χ0) is 10.9. The van der Waals surface area contributed by atoms with E-state index in [2.05, 4.69) is 12.2 Å². The zero-order valence-electron chi connectivity index (χ0n) is 8.99. The Morgan fingerprint density at radius 1 is 1.53 bits per heavy atom. The molecule has 1 amide bonds. The Hall–Kier alpha value is -1.29. The van der Waals surface area contributed by atoms with Crippen molar-refractivity contribution in [3.8, 4) is 0 Å². The molecule has 0 fully saturated rings. The maximum absolute atomic E-state index is 11.3. The van der Waals surface area contributed by atoms with Gasteiger partial charge in [-0.25, -0.2) is 0 Å². The minimum Gasteiger partial charge on any atom is -0.459 e. The maximum atomic E-state index is 11.3. The summed E-state index contributed by atoms with van der Waals surface area (Å²) in [6.45, 7) is 4.15. The fourth-order valence-corrected chi connectivity index (χ4v) is 1.12. The van der Waals surface area contributed by atoms with E-state index < -0.39 is 0 Å². The molecule has 0 aliphatic heterocycles. The molecule has 0 radical (unpaired) electrons. The van der Waals surface area contributed by atoms with Gasteiger partial charge in [-0.05, 0) is 25.0 Å². The average Bonchev–Trinajstić information content (AvgIpc) is 2.76. The van der Waals surface area contributed by atoms with E-state index in [0.29, 0.717) is 18.9 Å². The Kier molecular flexibility index (Phi) is 5.55. The normalized spacial score (nSPS) is 10.2. The molecule has 0 aliphatic carbocycles. The van der Waals surface area contributed by atoms with Crippen molar-refractivity contribution in [1.82, 2.24) is 5.32 Å². The molecule has 4 nitrogen and oxygen atoms in total. The van der Waals surface area contributed by atoms with Crippen molar-refractivity contribution in [2.24, 2.45) is 0 Å². The highest BCUT2D eigenvalue weighted by molar-refractivity contribution is 5.91. The molecule has 1 heterocycles. The second-order valence-electron chi connectivity index (χ2n) is 3.20. The molecule has 0 unspecified atom stereocenters. The van der Waals surface area contributed by atoms with Crippen LogP contribution in [0.15, 0.2) is 22.8 Å². The Labute approximate surface area is 89.6 Å². The van der Waals surface area contributed by atoms with Crippen LogP contribution in [0, 0.1) is 0 Å². The van der Waals surface area contributed by atoms with Crippen LogP contribution in [-0.4, -0.2) is 25.7 Å². The Morgan fingerprint density at radius 2 is 2.40 bits per heavy atom. The summed E-state index contributed by atoms with van der Waals surface area (Å²) in [7, 11) is 0. The van der Waals surface area contributed by atoms with Gasteiger partial charge in [0.1, 0.15) is 0 Å². The number of ether oxygens (including phenoxy) is 1. The lowest BCUT2D eigenvalue weighted by atomic mass is 10.4. The second kappa shape index (κ2) is 7.06. The highest BCUT2D eigenvalue weighted by Gasteiger charge is 2.06. The third kappa shape index (κ3) is 4.65. The van der Waals surface area contributed by atoms with Crippen LogP contribution in [0.25, 0.3) is 0 Å². The van der Waals surface area contributed by atoms with Gasteiger partial charge in [-0.2, -0.15) is 0 Å². The molecule has 1 N–H and O–H groups in total. The summed E-state index contributed by atoms with van der Waals surface area (Å²) in [5.74, 6) is 0.181. The lowest BCUT2D eigenvalue weighted by Gasteiger charge is -2.03. The molecule has 1 rings (SSSR count). The van der Waals surface area contributed by atoms with E-state index >= 15 is 0 Å². The third-order valence-electron chi connectivity index (χ3n) is 1.84. The molecule has 0 saturated carbocycles. The molecule has 15 heavy (non-hydrogen) atoms. The van der Waals surface area contributed by atoms with Crippen molar-refractivity contribution in [2.75, 3.05) is 19.8 Å². The van der Waals surface area contributed by atoms with Crippen LogP contribution in [0.3, 0.4) is 0 Å². The van der Waals surface area contributed by atoms with E-state index in [0.717, 1.165) is 19.4 Å². The predicted octanol–water partition coefficient (Wildman–Crippen LogP) is 1.83. The first-order valence-electron chi connectivity index (χ1n) is 5.24. The van der Waals surface area contributed by atoms with Gasteiger partial charge < -0.3 is 14.5 Å². The first kappa shape index (κ1) is 11.8. The fourth-order valence-electron chi connectivity index (χ4n) is 1.12. The van der Waals surface area contributed by atoms with E-state index in [1.54, 1.807) is 12.1 Å². The summed E-state index contributed by atoms with van der Waals surface area (Å²) in [6.07, 6.45) is 3.34. The van der Waals surface area contributed by atoms with Gasteiger partial charge in [-0.1, -0.05) is 6.92 Å². The van der Waals surface area contributed by atoms with Gasteiger partial charge in [0, 0.05) is 19.8 Å². The van der Waals surface area contributed by atoms with Crippen molar-refractivity contribution in [3.63, 3.8) is 0 Å². The number of furan rings is 1. The number of hydrogen-bond acceptors (Lipinski definition) is 3. The van der Waals surface area contributed by atoms with Crippen molar-refractivity contribution in [2.45, 2.75) is 19.8 Å². The van der Waals surface area contributed by atoms with Crippen LogP contribution in [-0.2, 0) is 4.74 Å². The molecular weight excluding hydrogens is 194 g/mol. The first-order chi connectivity index (χ1) is 7.34. The number of carbonyl (C=O) groups excluding carboxylic acids is 1. The van der Waals surface area contributed by atoms with Crippen LogP contribution in [0.1, 0.15) is 30.3 Å². The van der Waals surface area contributed by atoms with Gasteiger partial charge in [0.25, 0.3) is 5.91 Å². The quantitative estimate of drug-likeness (QED) is 0.700. The lowest BCUT2D eigenvalue weighted by molar-refractivity contribution is 0.0914. The molecule has 84 valence electrons. The summed E-state index contributed by atoms with van der Waals surface area (Å²) in [5.41, 5.74) is 0. The maximum Gasteiger partial charge on any atom is 0.286 e. The van der Waals surface area contributed by atoms with Gasteiger partial charge in [-0.15, -0.1) is 0 Å². The number of carbonyl (C=O) groups is 1. The molecule has 0 atom stereocenters. The third-order valence-corrected chi connectivity index (χ3v) is 1.84. The van der Waals surface area contributed by atoms with E-state index in [4.69, 9.17) is 9.15 Å². The molecular formula is C11H17NO3. The first-order valence-corrected chi connectivity index (χ1v) is 5.24. The number of hydrogen-bond donors (Lipinski definition) is 1. The summed E-state index contributed by atoms with van der Waals surface area (Å²) in [6, 6.07) is 3.34. The van der Waals surface area contributed by atoms with E-state index in [1.165, 1.54) is 6.26 Å². The van der Waals surface area contributed by atoms with Crippen molar-refractivity contribution < 1.29 is 13.9 Å². The number of amides is 1. The van der Waals surface area contributed by atoms with Gasteiger partial charge in [-0.3, -0.25) is 4.79 Å². The van der Waals surface area contributed by atoms with E-state index in [9.17, 15) is 4.79 Å². The number of rotatable bonds is 7. The predicted molar refractivity (Wildman–Crippen MR) is 56.8 cm³/mol. The van der Waals surface area contributed by atoms with Gasteiger partial charge in [0.15, 0.2) is 5.76 Å². The summed E-state index contributed by atoms with van der Waals surface area (Å²) < 4.78 is 10.2. The monoisotopic (exact) mass is 211 g/mol. The van der Waals surface area contributed by atoms with Gasteiger partial charge in [0.2, 0.25) is 0 Å². The summed E-state index contributed by atoms with van der Waals surface area (Å²) >= 11 is 0. The Balaban J connectivity index is 2.03. The molecule has 0 spiro atoms. The van der Waals surface area contributed by atoms with Crippen molar-refractivity contribution in [1.29, 1.82) is 0 Å². The minimum atomic E-state index is -0.171. The summed E-state index contributed by atoms with van der Waals surface area (Å²) in [4.78, 5) is 11.3. The van der Waals surface area contributed by atoms with Crippen molar-refractivity contribution in [3.05, 3.63) is 24.2 Å². The molecule has 1 aromatic heterocycles. The average molecular weight is 211 g/mol. The highest BCUT2D eigenvalue weighted by Crippen LogP contribution is 1.98. The standard InChI is InChI=1S/C11H17NO3/c1-2-7-14-8-4-6-12-11(13)10-5-3-9-15-10/h3,5,9H,2,4,6-8H2,1H3,(H,12,13). The molecule has 0 aromatic carbocycles. The second-order valence-corrected chi connectivity index (χ2v) is 3.20. The smallest absolute Gasteiger partial charge is 0.286 e. The van der Waals surface area contributed by atoms with Gasteiger partial charge >= 0.3 is 0 Å². The summed E-state index contributed by atoms with van der Waals surface area (Å²) in [5, 5.41) is 2.75. The van der Waals surface area contributed by atoms with Crippen LogP contribution in [0.5, 0.6) is 0 Å².